The van der Waals surface area contributed by atoms with Crippen LogP contribution in [-0.2, 0) is 25.0 Å². The molecule has 0 bridgehead atoms. The number of rotatable bonds is 6. The van der Waals surface area contributed by atoms with E-state index in [1.165, 1.54) is 7.11 Å². The molecule has 0 rings (SSSR count). The first kappa shape index (κ1) is 11.3. The monoisotopic (exact) mass is 197 g/mol. The molecule has 0 fully saturated rings. The third-order valence-corrected chi connectivity index (χ3v) is 1.36. The molecule has 64 valence electrons. The van der Waals surface area contributed by atoms with Gasteiger partial charge in [-0.1, -0.05) is 0 Å². The van der Waals surface area contributed by atoms with Gasteiger partial charge in [-0.25, -0.2) is 0 Å². The molecular formula is C8H13FeO2+. The summed E-state index contributed by atoms with van der Waals surface area (Å²) in [6, 6.07) is 0. The second-order valence-electron chi connectivity index (χ2n) is 1.97. The van der Waals surface area contributed by atoms with Crippen LogP contribution in [0, 0.1) is 19.3 Å². The van der Waals surface area contributed by atoms with Gasteiger partial charge in [-0.2, -0.15) is 0 Å². The molecule has 0 amide bonds. The summed E-state index contributed by atoms with van der Waals surface area (Å²) in [5.41, 5.74) is 0. The first-order chi connectivity index (χ1) is 5.20. The molecule has 0 N–H and O–H groups in total. The Morgan fingerprint density at radius 1 is 1.55 bits per heavy atom. The molecule has 0 aromatic carbocycles. The average Bonchev–Trinajstić information content (AvgIpc) is 2.00. The summed E-state index contributed by atoms with van der Waals surface area (Å²) in [6.07, 6.45) is 5.80. The van der Waals surface area contributed by atoms with Gasteiger partial charge in [0.05, 0.1) is 0 Å². The Balaban J connectivity index is 3.35. The molecule has 3 heteroatoms. The molecule has 0 saturated heterocycles. The molecule has 0 aliphatic carbocycles. The van der Waals surface area contributed by atoms with E-state index in [1.54, 1.807) is 0 Å². The van der Waals surface area contributed by atoms with Gasteiger partial charge in [-0.3, -0.25) is 0 Å². The summed E-state index contributed by atoms with van der Waals surface area (Å²) in [4.78, 5) is 0.346. The van der Waals surface area contributed by atoms with Gasteiger partial charge in [0.25, 0.3) is 0 Å². The van der Waals surface area contributed by atoms with Crippen LogP contribution in [0.5, 0.6) is 0 Å². The zero-order chi connectivity index (χ0) is 8.69. The molecule has 0 unspecified atom stereocenters. The van der Waals surface area contributed by atoms with Crippen LogP contribution in [0.15, 0.2) is 0 Å². The second-order valence-corrected chi connectivity index (χ2v) is 2.42. The Morgan fingerprint density at radius 3 is 2.64 bits per heavy atom. The van der Waals surface area contributed by atoms with Gasteiger partial charge in [0.15, 0.2) is 0 Å². The molecule has 0 spiro atoms. The van der Waals surface area contributed by atoms with Crippen molar-refractivity contribution in [1.29, 1.82) is 0 Å². The topological polar surface area (TPSA) is 18.5 Å². The van der Waals surface area contributed by atoms with E-state index in [2.05, 4.69) is 15.6 Å². The Kier molecular flexibility index (Phi) is 7.18. The molecule has 3 radical (unpaired) electrons. The van der Waals surface area contributed by atoms with Crippen molar-refractivity contribution < 1.29 is 25.0 Å². The van der Waals surface area contributed by atoms with Gasteiger partial charge >= 0.3 is 76.2 Å². The number of unbranched alkanes of at least 4 members (excludes halogenated alkanes) is 1. The van der Waals surface area contributed by atoms with E-state index in [0.717, 1.165) is 0 Å². The van der Waals surface area contributed by atoms with E-state index in [1.807, 2.05) is 33.1 Å². The van der Waals surface area contributed by atoms with E-state index >= 15 is 0 Å². The summed E-state index contributed by atoms with van der Waals surface area (Å²) in [5.74, 6) is 0. The second kappa shape index (κ2) is 6.99. The summed E-state index contributed by atoms with van der Waals surface area (Å²) >= 11 is 3.53. The maximum absolute atomic E-state index is 5.18. The normalized spacial score (nSPS) is 13.0. The molecule has 11 heavy (non-hydrogen) atoms. The van der Waals surface area contributed by atoms with Gasteiger partial charge in [-0.15, -0.1) is 0 Å². The fraction of sp³-hybridized carbons (Fsp3) is 0.500. The van der Waals surface area contributed by atoms with Crippen LogP contribution in [0.1, 0.15) is 13.8 Å². The van der Waals surface area contributed by atoms with E-state index in [9.17, 15) is 0 Å². The summed E-state index contributed by atoms with van der Waals surface area (Å²) in [5, 5.41) is 0. The van der Waals surface area contributed by atoms with Crippen LogP contribution in [0.4, 0.5) is 0 Å². The fourth-order valence-corrected chi connectivity index (χ4v) is 0.702. The molecule has 0 aliphatic rings. The molecule has 1 atom stereocenters. The first-order valence-electron chi connectivity index (χ1n) is 3.38. The van der Waals surface area contributed by atoms with Crippen molar-refractivity contribution in [3.05, 3.63) is 19.3 Å². The summed E-state index contributed by atoms with van der Waals surface area (Å²) in [6.45, 7) is 3.87. The van der Waals surface area contributed by atoms with Crippen LogP contribution < -0.4 is 0 Å². The van der Waals surface area contributed by atoms with Gasteiger partial charge < -0.3 is 0 Å². The van der Waals surface area contributed by atoms with Crippen molar-refractivity contribution in [3.8, 4) is 0 Å². The number of methoxy groups -OCH3 is 1. The van der Waals surface area contributed by atoms with Gasteiger partial charge in [0, 0.05) is 0 Å². The zero-order valence-corrected chi connectivity index (χ0v) is 8.08. The molecule has 0 aliphatic heterocycles. The van der Waals surface area contributed by atoms with Crippen molar-refractivity contribution in [2.24, 2.45) is 0 Å². The fourth-order valence-electron chi connectivity index (χ4n) is 0.497. The summed E-state index contributed by atoms with van der Waals surface area (Å²) < 4.78 is 9.92. The van der Waals surface area contributed by atoms with Crippen molar-refractivity contribution in [2.75, 3.05) is 7.11 Å². The van der Waals surface area contributed by atoms with Crippen molar-refractivity contribution in [2.45, 2.75) is 20.0 Å². The Bertz CT molecular complexity index is 115. The SMILES string of the molecule is C[CH][CH][CH][C@@H](C)O[C](=[Fe+])OC. The minimum absolute atomic E-state index is 0.0126. The molecule has 0 aromatic rings. The molecular weight excluding hydrogens is 184 g/mol. The molecule has 0 aromatic heterocycles. The Labute approximate surface area is 76.6 Å². The zero-order valence-electron chi connectivity index (χ0n) is 6.98. The van der Waals surface area contributed by atoms with Gasteiger partial charge in [0.2, 0.25) is 0 Å². The predicted octanol–water partition coefficient (Wildman–Crippen LogP) is 1.30. The van der Waals surface area contributed by atoms with E-state index < -0.39 is 0 Å². The maximum atomic E-state index is 5.18. The molecule has 0 saturated carbocycles. The van der Waals surface area contributed by atoms with Crippen LogP contribution in [0.3, 0.4) is 0 Å². The Hall–Kier alpha value is 0.309. The van der Waals surface area contributed by atoms with Crippen LogP contribution in [-0.4, -0.2) is 18.0 Å². The van der Waals surface area contributed by atoms with Gasteiger partial charge in [0.1, 0.15) is 0 Å². The van der Waals surface area contributed by atoms with Gasteiger partial charge in [-0.05, 0) is 0 Å². The summed E-state index contributed by atoms with van der Waals surface area (Å²) in [7, 11) is 1.53. The van der Waals surface area contributed by atoms with Crippen LogP contribution >= 0.6 is 0 Å². The average molecular weight is 197 g/mol. The van der Waals surface area contributed by atoms with Crippen molar-refractivity contribution >= 4 is 4.79 Å². The quantitative estimate of drug-likeness (QED) is 0.597. The Morgan fingerprint density at radius 2 is 2.18 bits per heavy atom. The number of hydrogen-bond acceptors (Lipinski definition) is 2. The standard InChI is InChI=1S/C8H13O2.Fe/c1-4-5-6-8(2)10-7-9-3;/h4-6,8H,1-3H3;/q;+1/t8-;/m1./s1. The van der Waals surface area contributed by atoms with Crippen LogP contribution in [0.2, 0.25) is 0 Å². The minimum atomic E-state index is 0.0126. The van der Waals surface area contributed by atoms with Crippen molar-refractivity contribution in [3.63, 3.8) is 0 Å². The van der Waals surface area contributed by atoms with Crippen molar-refractivity contribution in [1.82, 2.24) is 0 Å². The number of hydrogen-bond donors (Lipinski definition) is 0. The van der Waals surface area contributed by atoms with E-state index in [0.29, 0.717) is 4.79 Å². The predicted molar refractivity (Wildman–Crippen MR) is 41.1 cm³/mol. The number of ether oxygens (including phenoxy) is 2. The molecule has 0 heterocycles. The third kappa shape index (κ3) is 6.70. The van der Waals surface area contributed by atoms with E-state index in [4.69, 9.17) is 9.47 Å². The van der Waals surface area contributed by atoms with Crippen LogP contribution in [0.25, 0.3) is 0 Å². The third-order valence-electron chi connectivity index (χ3n) is 1.01. The molecule has 2 nitrogen and oxygen atoms in total. The van der Waals surface area contributed by atoms with E-state index in [-0.39, 0.29) is 6.10 Å². The first-order valence-corrected chi connectivity index (χ1v) is 3.94.